The molecule has 2 rings (SSSR count). The number of benzene rings is 1. The molecule has 16 heavy (non-hydrogen) atoms. The molecular formula is C15H20O. The molecule has 0 radical (unpaired) electrons. The van der Waals surface area contributed by atoms with Gasteiger partial charge in [0.05, 0.1) is 0 Å². The van der Waals surface area contributed by atoms with E-state index in [2.05, 4.69) is 26.0 Å². The second-order valence-corrected chi connectivity index (χ2v) is 5.26. The number of hydrogen-bond donors (Lipinski definition) is 0. The van der Waals surface area contributed by atoms with Crippen molar-refractivity contribution in [2.45, 2.75) is 40.5 Å². The van der Waals surface area contributed by atoms with E-state index in [1.165, 1.54) is 18.4 Å². The minimum atomic E-state index is 0.208. The lowest BCUT2D eigenvalue weighted by molar-refractivity contribution is 0.0915. The maximum Gasteiger partial charge on any atom is 0.166 e. The molecule has 1 aromatic rings. The highest BCUT2D eigenvalue weighted by Gasteiger charge is 2.33. The first kappa shape index (κ1) is 11.4. The fourth-order valence-corrected chi connectivity index (χ4v) is 2.61. The smallest absolute Gasteiger partial charge is 0.166 e. The van der Waals surface area contributed by atoms with E-state index in [1.54, 1.807) is 0 Å². The summed E-state index contributed by atoms with van der Waals surface area (Å²) in [5.41, 5.74) is 4.47. The third kappa shape index (κ3) is 2.04. The van der Waals surface area contributed by atoms with Gasteiger partial charge < -0.3 is 0 Å². The van der Waals surface area contributed by atoms with Gasteiger partial charge in [0.15, 0.2) is 5.78 Å². The van der Waals surface area contributed by atoms with Crippen molar-refractivity contribution in [2.24, 2.45) is 11.8 Å². The van der Waals surface area contributed by atoms with E-state index in [0.717, 1.165) is 16.7 Å². The average Bonchev–Trinajstić information content (AvgIpc) is 2.97. The van der Waals surface area contributed by atoms with Gasteiger partial charge in [0.2, 0.25) is 0 Å². The highest BCUT2D eigenvalue weighted by atomic mass is 16.1. The van der Waals surface area contributed by atoms with Crippen molar-refractivity contribution in [1.82, 2.24) is 0 Å². The molecule has 0 saturated heterocycles. The normalized spacial score (nSPS) is 17.2. The van der Waals surface area contributed by atoms with Gasteiger partial charge in [-0.05, 0) is 50.7 Å². The van der Waals surface area contributed by atoms with E-state index in [1.807, 2.05) is 13.8 Å². The van der Waals surface area contributed by atoms with Gasteiger partial charge in [0, 0.05) is 11.5 Å². The zero-order valence-corrected chi connectivity index (χ0v) is 10.6. The molecule has 86 valence electrons. The second kappa shape index (κ2) is 4.04. The van der Waals surface area contributed by atoms with E-state index in [9.17, 15) is 4.79 Å². The molecule has 0 amide bonds. The summed E-state index contributed by atoms with van der Waals surface area (Å²) in [6.45, 7) is 8.26. The highest BCUT2D eigenvalue weighted by Crippen LogP contribution is 2.38. The van der Waals surface area contributed by atoms with E-state index >= 15 is 0 Å². The SMILES string of the molecule is Cc1cc(C)c(C(=O)C(C)C2CC2)c(C)c1. The zero-order valence-electron chi connectivity index (χ0n) is 10.6. The van der Waals surface area contributed by atoms with E-state index in [0.29, 0.717) is 11.7 Å². The minimum absolute atomic E-state index is 0.208. The molecule has 0 N–H and O–H groups in total. The van der Waals surface area contributed by atoms with Gasteiger partial charge in [-0.15, -0.1) is 0 Å². The molecule has 0 aliphatic heterocycles. The second-order valence-electron chi connectivity index (χ2n) is 5.26. The fourth-order valence-electron chi connectivity index (χ4n) is 2.61. The van der Waals surface area contributed by atoms with Crippen molar-refractivity contribution in [2.75, 3.05) is 0 Å². The zero-order chi connectivity index (χ0) is 11.9. The molecule has 1 aliphatic carbocycles. The Morgan fingerprint density at radius 1 is 1.19 bits per heavy atom. The number of carbonyl (C=O) groups is 1. The van der Waals surface area contributed by atoms with Crippen LogP contribution in [0.3, 0.4) is 0 Å². The Balaban J connectivity index is 2.35. The van der Waals surface area contributed by atoms with Crippen LogP contribution in [0.5, 0.6) is 0 Å². The van der Waals surface area contributed by atoms with Crippen LogP contribution in [0.4, 0.5) is 0 Å². The molecule has 1 fully saturated rings. The lowest BCUT2D eigenvalue weighted by Gasteiger charge is -2.14. The van der Waals surface area contributed by atoms with Gasteiger partial charge in [0.1, 0.15) is 0 Å². The first-order chi connectivity index (χ1) is 7.50. The van der Waals surface area contributed by atoms with Crippen molar-refractivity contribution in [1.29, 1.82) is 0 Å². The van der Waals surface area contributed by atoms with Crippen molar-refractivity contribution in [3.63, 3.8) is 0 Å². The van der Waals surface area contributed by atoms with Crippen molar-refractivity contribution in [3.8, 4) is 0 Å². The van der Waals surface area contributed by atoms with Crippen LogP contribution < -0.4 is 0 Å². The molecule has 1 atom stereocenters. The Bertz CT molecular complexity index is 404. The van der Waals surface area contributed by atoms with Gasteiger partial charge in [0.25, 0.3) is 0 Å². The fraction of sp³-hybridized carbons (Fsp3) is 0.533. The lowest BCUT2D eigenvalue weighted by Crippen LogP contribution is -2.16. The summed E-state index contributed by atoms with van der Waals surface area (Å²) in [7, 11) is 0. The number of ketones is 1. The maximum atomic E-state index is 12.4. The van der Waals surface area contributed by atoms with Gasteiger partial charge in [-0.2, -0.15) is 0 Å². The first-order valence-corrected chi connectivity index (χ1v) is 6.12. The van der Waals surface area contributed by atoms with E-state index < -0.39 is 0 Å². The lowest BCUT2D eigenvalue weighted by atomic mass is 9.89. The van der Waals surface area contributed by atoms with Gasteiger partial charge >= 0.3 is 0 Å². The Hall–Kier alpha value is -1.11. The van der Waals surface area contributed by atoms with Crippen LogP contribution in [0.2, 0.25) is 0 Å². The molecule has 1 aliphatic rings. The third-order valence-electron chi connectivity index (χ3n) is 3.67. The molecule has 0 heterocycles. The number of aryl methyl sites for hydroxylation is 3. The van der Waals surface area contributed by atoms with Crippen molar-refractivity contribution in [3.05, 3.63) is 34.4 Å². The van der Waals surface area contributed by atoms with Gasteiger partial charge in [-0.25, -0.2) is 0 Å². The average molecular weight is 216 g/mol. The Labute approximate surface area is 97.9 Å². The van der Waals surface area contributed by atoms with Crippen LogP contribution >= 0.6 is 0 Å². The summed E-state index contributed by atoms with van der Waals surface area (Å²) >= 11 is 0. The molecule has 0 bridgehead atoms. The van der Waals surface area contributed by atoms with E-state index in [4.69, 9.17) is 0 Å². The van der Waals surface area contributed by atoms with Crippen LogP contribution in [0.25, 0.3) is 0 Å². The number of Topliss-reactive ketones (excluding diaryl/α,β-unsaturated/α-hetero) is 1. The minimum Gasteiger partial charge on any atom is -0.294 e. The standard InChI is InChI=1S/C15H20O/c1-9-7-10(2)14(11(3)8-9)15(16)12(4)13-5-6-13/h7-8,12-13H,5-6H2,1-4H3. The predicted molar refractivity (Wildman–Crippen MR) is 66.9 cm³/mol. The summed E-state index contributed by atoms with van der Waals surface area (Å²) in [5, 5.41) is 0. The molecule has 1 nitrogen and oxygen atoms in total. The molecule has 1 saturated carbocycles. The van der Waals surface area contributed by atoms with Crippen LogP contribution in [-0.4, -0.2) is 5.78 Å². The summed E-state index contributed by atoms with van der Waals surface area (Å²) in [4.78, 5) is 12.4. The largest absolute Gasteiger partial charge is 0.294 e. The molecule has 0 spiro atoms. The molecule has 1 heteroatoms. The maximum absolute atomic E-state index is 12.4. The summed E-state index contributed by atoms with van der Waals surface area (Å²) in [5.74, 6) is 1.20. The Kier molecular flexibility index (Phi) is 2.88. The molecule has 1 aromatic carbocycles. The first-order valence-electron chi connectivity index (χ1n) is 6.12. The van der Waals surface area contributed by atoms with Crippen LogP contribution in [0, 0.1) is 32.6 Å². The predicted octanol–water partition coefficient (Wildman–Crippen LogP) is 3.84. The number of rotatable bonds is 3. The molecule has 0 aromatic heterocycles. The van der Waals surface area contributed by atoms with Gasteiger partial charge in [-0.1, -0.05) is 24.6 Å². The van der Waals surface area contributed by atoms with Crippen molar-refractivity contribution >= 4 is 5.78 Å². The quantitative estimate of drug-likeness (QED) is 0.702. The van der Waals surface area contributed by atoms with E-state index in [-0.39, 0.29) is 5.92 Å². The summed E-state index contributed by atoms with van der Waals surface area (Å²) < 4.78 is 0. The summed E-state index contributed by atoms with van der Waals surface area (Å²) in [6.07, 6.45) is 2.47. The monoisotopic (exact) mass is 216 g/mol. The molecular weight excluding hydrogens is 196 g/mol. The van der Waals surface area contributed by atoms with Crippen LogP contribution in [0.1, 0.15) is 46.8 Å². The van der Waals surface area contributed by atoms with Crippen LogP contribution in [-0.2, 0) is 0 Å². The highest BCUT2D eigenvalue weighted by molar-refractivity contribution is 6.00. The number of carbonyl (C=O) groups excluding carboxylic acids is 1. The van der Waals surface area contributed by atoms with Crippen LogP contribution in [0.15, 0.2) is 12.1 Å². The third-order valence-corrected chi connectivity index (χ3v) is 3.67. The Morgan fingerprint density at radius 3 is 2.12 bits per heavy atom. The Morgan fingerprint density at radius 2 is 1.69 bits per heavy atom. The molecule has 1 unspecified atom stereocenters. The number of hydrogen-bond acceptors (Lipinski definition) is 1. The van der Waals surface area contributed by atoms with Gasteiger partial charge in [-0.3, -0.25) is 4.79 Å². The topological polar surface area (TPSA) is 17.1 Å². The van der Waals surface area contributed by atoms with Crippen molar-refractivity contribution < 1.29 is 4.79 Å². The summed E-state index contributed by atoms with van der Waals surface area (Å²) in [6, 6.07) is 4.22.